The highest BCUT2D eigenvalue weighted by Crippen LogP contribution is 2.35. The number of benzene rings is 1. The Bertz CT molecular complexity index is 818. The number of aliphatic carboxylic acids is 1. The second-order valence-corrected chi connectivity index (χ2v) is 6.72. The van der Waals surface area contributed by atoms with Gasteiger partial charge in [-0.05, 0) is 51.2 Å². The minimum absolute atomic E-state index is 0.0112. The summed E-state index contributed by atoms with van der Waals surface area (Å²) < 4.78 is 5.15. The van der Waals surface area contributed by atoms with Crippen molar-refractivity contribution in [1.82, 2.24) is 5.16 Å². The van der Waals surface area contributed by atoms with Gasteiger partial charge in [0.1, 0.15) is 11.4 Å². The van der Waals surface area contributed by atoms with Gasteiger partial charge in [0.15, 0.2) is 0 Å². The van der Waals surface area contributed by atoms with E-state index in [0.717, 1.165) is 5.56 Å². The van der Waals surface area contributed by atoms with E-state index >= 15 is 0 Å². The van der Waals surface area contributed by atoms with Crippen LogP contribution in [-0.4, -0.2) is 27.2 Å². The molecule has 0 bridgehead atoms. The Morgan fingerprint density at radius 1 is 1.31 bits per heavy atom. The molecule has 26 heavy (non-hydrogen) atoms. The lowest BCUT2D eigenvalue weighted by Gasteiger charge is -2.27. The van der Waals surface area contributed by atoms with E-state index < -0.39 is 10.9 Å². The molecule has 138 valence electrons. The molecule has 2 N–H and O–H groups in total. The summed E-state index contributed by atoms with van der Waals surface area (Å²) in [5.41, 5.74) is 2.58. The fourth-order valence-corrected chi connectivity index (χ4v) is 3.56. The SMILES string of the molecule is Cc1noc(C)c1-c1ccc(N[C@H]2CC[C@H](C(=O)O)CC2)c([N+](=O)[O-])c1. The fraction of sp³-hybridized carbons (Fsp3) is 0.444. The van der Waals surface area contributed by atoms with Crippen LogP contribution in [0.3, 0.4) is 0 Å². The maximum absolute atomic E-state index is 11.5. The van der Waals surface area contributed by atoms with Crippen LogP contribution >= 0.6 is 0 Å². The minimum atomic E-state index is -0.766. The van der Waals surface area contributed by atoms with E-state index in [1.165, 1.54) is 6.07 Å². The summed E-state index contributed by atoms with van der Waals surface area (Å²) in [4.78, 5) is 22.2. The first-order chi connectivity index (χ1) is 12.4. The van der Waals surface area contributed by atoms with Crippen LogP contribution in [-0.2, 0) is 4.79 Å². The van der Waals surface area contributed by atoms with Crippen LogP contribution in [0.5, 0.6) is 0 Å². The average Bonchev–Trinajstić information content (AvgIpc) is 2.94. The predicted molar refractivity (Wildman–Crippen MR) is 95.1 cm³/mol. The van der Waals surface area contributed by atoms with E-state index in [0.29, 0.717) is 48.4 Å². The molecule has 8 heteroatoms. The van der Waals surface area contributed by atoms with E-state index in [-0.39, 0.29) is 17.6 Å². The zero-order chi connectivity index (χ0) is 18.8. The molecule has 0 radical (unpaired) electrons. The van der Waals surface area contributed by atoms with Crippen molar-refractivity contribution in [1.29, 1.82) is 0 Å². The molecule has 0 spiro atoms. The lowest BCUT2D eigenvalue weighted by atomic mass is 9.86. The lowest BCUT2D eigenvalue weighted by Crippen LogP contribution is -2.29. The van der Waals surface area contributed by atoms with E-state index in [1.54, 1.807) is 19.9 Å². The van der Waals surface area contributed by atoms with E-state index in [2.05, 4.69) is 10.5 Å². The van der Waals surface area contributed by atoms with Gasteiger partial charge >= 0.3 is 5.97 Å². The molecule has 2 aromatic rings. The van der Waals surface area contributed by atoms with E-state index in [9.17, 15) is 14.9 Å². The second kappa shape index (κ2) is 7.15. The summed E-state index contributed by atoms with van der Waals surface area (Å²) in [5, 5.41) is 27.7. The number of aryl methyl sites for hydroxylation is 2. The molecule has 1 heterocycles. The van der Waals surface area contributed by atoms with Gasteiger partial charge in [-0.3, -0.25) is 14.9 Å². The molecule has 1 fully saturated rings. The van der Waals surface area contributed by atoms with Gasteiger partial charge in [-0.25, -0.2) is 0 Å². The number of rotatable bonds is 5. The van der Waals surface area contributed by atoms with E-state index in [4.69, 9.17) is 9.63 Å². The summed E-state index contributed by atoms with van der Waals surface area (Å²) in [5.74, 6) is -0.465. The largest absolute Gasteiger partial charge is 0.481 e. The molecule has 0 atom stereocenters. The summed E-state index contributed by atoms with van der Waals surface area (Å²) in [6, 6.07) is 5.07. The van der Waals surface area contributed by atoms with Gasteiger partial charge in [0, 0.05) is 17.7 Å². The highest BCUT2D eigenvalue weighted by molar-refractivity contribution is 5.75. The van der Waals surface area contributed by atoms with Gasteiger partial charge in [-0.15, -0.1) is 0 Å². The van der Waals surface area contributed by atoms with Gasteiger partial charge in [0.2, 0.25) is 0 Å². The normalized spacial score (nSPS) is 19.9. The van der Waals surface area contributed by atoms with Crippen molar-refractivity contribution in [3.8, 4) is 11.1 Å². The van der Waals surface area contributed by atoms with Crippen molar-refractivity contribution >= 4 is 17.3 Å². The molecule has 0 saturated heterocycles. The first-order valence-corrected chi connectivity index (χ1v) is 8.58. The van der Waals surface area contributed by atoms with Crippen LogP contribution in [0.25, 0.3) is 11.1 Å². The number of carbonyl (C=O) groups is 1. The number of nitro benzene ring substituents is 1. The molecule has 0 amide bonds. The predicted octanol–water partition coefficient (Wildman–Crippen LogP) is 3.92. The summed E-state index contributed by atoms with van der Waals surface area (Å²) in [7, 11) is 0. The van der Waals surface area contributed by atoms with Crippen LogP contribution < -0.4 is 5.32 Å². The fourth-order valence-electron chi connectivity index (χ4n) is 3.56. The molecule has 1 aromatic carbocycles. The van der Waals surface area contributed by atoms with Crippen molar-refractivity contribution in [3.05, 3.63) is 39.8 Å². The Morgan fingerprint density at radius 2 is 2.00 bits per heavy atom. The highest BCUT2D eigenvalue weighted by Gasteiger charge is 2.27. The number of nitrogens with one attached hydrogen (secondary N) is 1. The molecular weight excluding hydrogens is 338 g/mol. The third kappa shape index (κ3) is 3.54. The topological polar surface area (TPSA) is 118 Å². The molecule has 1 aliphatic carbocycles. The Balaban J connectivity index is 1.82. The van der Waals surface area contributed by atoms with Crippen molar-refractivity contribution in [2.45, 2.75) is 45.6 Å². The third-order valence-electron chi connectivity index (χ3n) is 4.95. The van der Waals surface area contributed by atoms with Gasteiger partial charge < -0.3 is 14.9 Å². The first kappa shape index (κ1) is 17.9. The number of hydrogen-bond donors (Lipinski definition) is 2. The maximum Gasteiger partial charge on any atom is 0.306 e. The van der Waals surface area contributed by atoms with Gasteiger partial charge in [-0.2, -0.15) is 0 Å². The van der Waals surface area contributed by atoms with Gasteiger partial charge in [0.25, 0.3) is 5.69 Å². The number of carboxylic acids is 1. The van der Waals surface area contributed by atoms with Crippen LogP contribution in [0.4, 0.5) is 11.4 Å². The zero-order valence-electron chi connectivity index (χ0n) is 14.7. The van der Waals surface area contributed by atoms with Crippen LogP contribution in [0.15, 0.2) is 22.7 Å². The molecule has 0 aliphatic heterocycles. The van der Waals surface area contributed by atoms with Crippen LogP contribution in [0, 0.1) is 29.9 Å². The number of nitrogens with zero attached hydrogens (tertiary/aromatic N) is 2. The monoisotopic (exact) mass is 359 g/mol. The van der Waals surface area contributed by atoms with Crippen molar-refractivity contribution < 1.29 is 19.3 Å². The molecule has 8 nitrogen and oxygen atoms in total. The molecule has 1 saturated carbocycles. The molecule has 1 aliphatic rings. The maximum atomic E-state index is 11.5. The smallest absolute Gasteiger partial charge is 0.306 e. The number of nitro groups is 1. The highest BCUT2D eigenvalue weighted by atomic mass is 16.6. The van der Waals surface area contributed by atoms with E-state index in [1.807, 2.05) is 6.07 Å². The number of anilines is 1. The van der Waals surface area contributed by atoms with Crippen LogP contribution in [0.2, 0.25) is 0 Å². The second-order valence-electron chi connectivity index (χ2n) is 6.72. The summed E-state index contributed by atoms with van der Waals surface area (Å²) in [6.07, 6.45) is 2.52. The number of carboxylic acid groups (broad SMARTS) is 1. The molecule has 0 unspecified atom stereocenters. The van der Waals surface area contributed by atoms with Crippen molar-refractivity contribution in [2.75, 3.05) is 5.32 Å². The summed E-state index contributed by atoms with van der Waals surface area (Å²) in [6.45, 7) is 3.57. The number of hydrogen-bond acceptors (Lipinski definition) is 6. The Morgan fingerprint density at radius 3 is 2.54 bits per heavy atom. The molecular formula is C18H21N3O5. The van der Waals surface area contributed by atoms with Gasteiger partial charge in [0.05, 0.1) is 16.5 Å². The summed E-state index contributed by atoms with van der Waals surface area (Å²) >= 11 is 0. The molecule has 3 rings (SSSR count). The van der Waals surface area contributed by atoms with Gasteiger partial charge in [-0.1, -0.05) is 11.2 Å². The third-order valence-corrected chi connectivity index (χ3v) is 4.95. The minimum Gasteiger partial charge on any atom is -0.481 e. The Labute approximate surface area is 150 Å². The van der Waals surface area contributed by atoms with Crippen molar-refractivity contribution in [3.63, 3.8) is 0 Å². The first-order valence-electron chi connectivity index (χ1n) is 8.58. The quantitative estimate of drug-likeness (QED) is 0.613. The Hall–Kier alpha value is -2.90. The molecule has 1 aromatic heterocycles. The number of aromatic nitrogens is 1. The lowest BCUT2D eigenvalue weighted by molar-refractivity contribution is -0.383. The van der Waals surface area contributed by atoms with Crippen LogP contribution in [0.1, 0.15) is 37.1 Å². The van der Waals surface area contributed by atoms with Crippen molar-refractivity contribution in [2.24, 2.45) is 5.92 Å². The Kier molecular flexibility index (Phi) is 4.92. The zero-order valence-corrected chi connectivity index (χ0v) is 14.7. The average molecular weight is 359 g/mol. The standard InChI is InChI=1S/C18H21N3O5/c1-10-17(11(2)26-20-10)13-5-8-15(16(9-13)21(24)25)19-14-6-3-12(4-7-14)18(22)23/h5,8-9,12,14,19H,3-4,6-7H2,1-2H3,(H,22,23)/t12-,14-.